The SMILES string of the molecule is Cc1c2ccccc2c(-c2ccc(N)cc2)c2ccccc12. The number of fused-ring (bicyclic) bond motifs is 2. The summed E-state index contributed by atoms with van der Waals surface area (Å²) in [6.07, 6.45) is 0. The van der Waals surface area contributed by atoms with Crippen molar-refractivity contribution in [1.82, 2.24) is 0 Å². The van der Waals surface area contributed by atoms with Crippen LogP contribution in [0, 0.1) is 6.92 Å². The third kappa shape index (κ3) is 1.86. The highest BCUT2D eigenvalue weighted by molar-refractivity contribution is 6.14. The summed E-state index contributed by atoms with van der Waals surface area (Å²) < 4.78 is 0. The van der Waals surface area contributed by atoms with Crippen LogP contribution in [0.2, 0.25) is 0 Å². The van der Waals surface area contributed by atoms with E-state index in [1.54, 1.807) is 0 Å². The van der Waals surface area contributed by atoms with Crippen molar-refractivity contribution in [3.63, 3.8) is 0 Å². The summed E-state index contributed by atoms with van der Waals surface area (Å²) in [5, 5.41) is 5.22. The zero-order chi connectivity index (χ0) is 15.1. The molecular weight excluding hydrogens is 266 g/mol. The maximum atomic E-state index is 5.85. The van der Waals surface area contributed by atoms with Gasteiger partial charge in [0.15, 0.2) is 0 Å². The topological polar surface area (TPSA) is 26.0 Å². The van der Waals surface area contributed by atoms with Gasteiger partial charge in [0.05, 0.1) is 0 Å². The van der Waals surface area contributed by atoms with E-state index in [1.807, 2.05) is 12.1 Å². The Morgan fingerprint density at radius 1 is 0.591 bits per heavy atom. The first-order valence-electron chi connectivity index (χ1n) is 7.51. The quantitative estimate of drug-likeness (QED) is 0.359. The average Bonchev–Trinajstić information content (AvgIpc) is 2.57. The molecule has 0 radical (unpaired) electrons. The Morgan fingerprint density at radius 3 is 1.55 bits per heavy atom. The highest BCUT2D eigenvalue weighted by Crippen LogP contribution is 2.38. The number of rotatable bonds is 1. The highest BCUT2D eigenvalue weighted by Gasteiger charge is 2.12. The lowest BCUT2D eigenvalue weighted by Crippen LogP contribution is -1.90. The lowest BCUT2D eigenvalue weighted by Gasteiger charge is -2.15. The standard InChI is InChI=1S/C21H17N/c1-14-17-6-2-4-8-19(17)21(15-10-12-16(22)13-11-15)20-9-5-3-7-18(14)20/h2-13H,22H2,1H3. The van der Waals surface area contributed by atoms with E-state index in [4.69, 9.17) is 5.73 Å². The molecule has 0 saturated heterocycles. The molecule has 0 aliphatic heterocycles. The first-order valence-corrected chi connectivity index (χ1v) is 7.51. The second kappa shape index (κ2) is 4.88. The number of aryl methyl sites for hydroxylation is 1. The highest BCUT2D eigenvalue weighted by atomic mass is 14.5. The predicted octanol–water partition coefficient (Wildman–Crippen LogP) is 5.55. The monoisotopic (exact) mass is 283 g/mol. The van der Waals surface area contributed by atoms with Crippen molar-refractivity contribution in [3.05, 3.63) is 78.4 Å². The van der Waals surface area contributed by atoms with Crippen molar-refractivity contribution in [3.8, 4) is 11.1 Å². The van der Waals surface area contributed by atoms with Crippen molar-refractivity contribution in [2.75, 3.05) is 5.73 Å². The summed E-state index contributed by atoms with van der Waals surface area (Å²) in [4.78, 5) is 0. The van der Waals surface area contributed by atoms with Crippen molar-refractivity contribution >= 4 is 27.2 Å². The second-order valence-corrected chi connectivity index (χ2v) is 5.71. The molecule has 0 aliphatic rings. The Labute approximate surface area is 130 Å². The van der Waals surface area contributed by atoms with E-state index in [0.29, 0.717) is 0 Å². The fourth-order valence-corrected chi connectivity index (χ4v) is 3.31. The maximum absolute atomic E-state index is 5.85. The van der Waals surface area contributed by atoms with Crippen LogP contribution in [-0.4, -0.2) is 0 Å². The smallest absolute Gasteiger partial charge is 0.0314 e. The molecule has 0 unspecified atom stereocenters. The zero-order valence-corrected chi connectivity index (χ0v) is 12.5. The summed E-state index contributed by atoms with van der Waals surface area (Å²) in [5.74, 6) is 0. The van der Waals surface area contributed by atoms with Crippen LogP contribution in [-0.2, 0) is 0 Å². The van der Waals surface area contributed by atoms with Gasteiger partial charge in [-0.05, 0) is 57.3 Å². The molecule has 0 bridgehead atoms. The first kappa shape index (κ1) is 12.9. The molecule has 22 heavy (non-hydrogen) atoms. The minimum absolute atomic E-state index is 0.796. The second-order valence-electron chi connectivity index (χ2n) is 5.71. The fourth-order valence-electron chi connectivity index (χ4n) is 3.31. The Kier molecular flexibility index (Phi) is 2.87. The Balaban J connectivity index is 2.23. The molecule has 0 amide bonds. The van der Waals surface area contributed by atoms with Crippen LogP contribution >= 0.6 is 0 Å². The van der Waals surface area contributed by atoms with Gasteiger partial charge in [-0.25, -0.2) is 0 Å². The maximum Gasteiger partial charge on any atom is 0.0314 e. The Bertz CT molecular complexity index is 925. The average molecular weight is 283 g/mol. The lowest BCUT2D eigenvalue weighted by atomic mass is 9.89. The van der Waals surface area contributed by atoms with E-state index in [-0.39, 0.29) is 0 Å². The molecule has 0 fully saturated rings. The van der Waals surface area contributed by atoms with E-state index in [2.05, 4.69) is 67.6 Å². The molecule has 0 aromatic heterocycles. The van der Waals surface area contributed by atoms with Gasteiger partial charge >= 0.3 is 0 Å². The van der Waals surface area contributed by atoms with Crippen LogP contribution in [0.5, 0.6) is 0 Å². The molecule has 1 nitrogen and oxygen atoms in total. The molecule has 4 rings (SSSR count). The predicted molar refractivity (Wildman–Crippen MR) is 96.0 cm³/mol. The Morgan fingerprint density at radius 2 is 1.05 bits per heavy atom. The van der Waals surface area contributed by atoms with Gasteiger partial charge in [0.1, 0.15) is 0 Å². The molecule has 2 N–H and O–H groups in total. The van der Waals surface area contributed by atoms with Crippen LogP contribution in [0.1, 0.15) is 5.56 Å². The number of anilines is 1. The lowest BCUT2D eigenvalue weighted by molar-refractivity contribution is 1.57. The van der Waals surface area contributed by atoms with Crippen molar-refractivity contribution in [1.29, 1.82) is 0 Å². The van der Waals surface area contributed by atoms with Gasteiger partial charge in [-0.15, -0.1) is 0 Å². The van der Waals surface area contributed by atoms with E-state index >= 15 is 0 Å². The van der Waals surface area contributed by atoms with Gasteiger partial charge < -0.3 is 5.73 Å². The number of benzene rings is 4. The van der Waals surface area contributed by atoms with Crippen LogP contribution in [0.15, 0.2) is 72.8 Å². The van der Waals surface area contributed by atoms with Crippen LogP contribution in [0.25, 0.3) is 32.7 Å². The number of nitrogens with two attached hydrogens (primary N) is 1. The van der Waals surface area contributed by atoms with Gasteiger partial charge in [0.25, 0.3) is 0 Å². The summed E-state index contributed by atoms with van der Waals surface area (Å²) in [7, 11) is 0. The number of nitrogen functional groups attached to an aromatic ring is 1. The molecule has 0 aliphatic carbocycles. The molecular formula is C21H17N. The fraction of sp³-hybridized carbons (Fsp3) is 0.0476. The van der Waals surface area contributed by atoms with E-state index in [0.717, 1.165) is 5.69 Å². The first-order chi connectivity index (χ1) is 10.8. The van der Waals surface area contributed by atoms with E-state index < -0.39 is 0 Å². The minimum Gasteiger partial charge on any atom is -0.399 e. The molecule has 0 saturated carbocycles. The van der Waals surface area contributed by atoms with Crippen LogP contribution in [0.4, 0.5) is 5.69 Å². The summed E-state index contributed by atoms with van der Waals surface area (Å²) in [5.41, 5.74) is 10.5. The molecule has 0 spiro atoms. The Hall–Kier alpha value is -2.80. The van der Waals surface area contributed by atoms with E-state index in [1.165, 1.54) is 38.2 Å². The molecule has 4 aromatic carbocycles. The molecule has 106 valence electrons. The third-order valence-electron chi connectivity index (χ3n) is 4.40. The van der Waals surface area contributed by atoms with Gasteiger partial charge in [-0.3, -0.25) is 0 Å². The van der Waals surface area contributed by atoms with Crippen LogP contribution in [0.3, 0.4) is 0 Å². The van der Waals surface area contributed by atoms with Crippen LogP contribution < -0.4 is 5.73 Å². The zero-order valence-electron chi connectivity index (χ0n) is 12.5. The van der Waals surface area contributed by atoms with Gasteiger partial charge in [0.2, 0.25) is 0 Å². The normalized spacial score (nSPS) is 11.1. The number of hydrogen-bond donors (Lipinski definition) is 1. The largest absolute Gasteiger partial charge is 0.399 e. The summed E-state index contributed by atoms with van der Waals surface area (Å²) >= 11 is 0. The van der Waals surface area contributed by atoms with Gasteiger partial charge in [-0.1, -0.05) is 60.7 Å². The van der Waals surface area contributed by atoms with Crippen molar-refractivity contribution in [2.45, 2.75) is 6.92 Å². The molecule has 4 aromatic rings. The van der Waals surface area contributed by atoms with Gasteiger partial charge in [0, 0.05) is 5.69 Å². The third-order valence-corrected chi connectivity index (χ3v) is 4.40. The summed E-state index contributed by atoms with van der Waals surface area (Å²) in [6, 6.07) is 25.4. The van der Waals surface area contributed by atoms with Gasteiger partial charge in [-0.2, -0.15) is 0 Å². The van der Waals surface area contributed by atoms with Crippen molar-refractivity contribution in [2.24, 2.45) is 0 Å². The molecule has 0 atom stereocenters. The molecule has 1 heteroatoms. The van der Waals surface area contributed by atoms with E-state index in [9.17, 15) is 0 Å². The van der Waals surface area contributed by atoms with Crippen molar-refractivity contribution < 1.29 is 0 Å². The minimum atomic E-state index is 0.796. The number of hydrogen-bond acceptors (Lipinski definition) is 1. The molecule has 0 heterocycles. The summed E-state index contributed by atoms with van der Waals surface area (Å²) in [6.45, 7) is 2.21.